The van der Waals surface area contributed by atoms with Gasteiger partial charge in [-0.1, -0.05) is 36.9 Å². The van der Waals surface area contributed by atoms with Crippen molar-refractivity contribution in [3.05, 3.63) is 66.4 Å². The molecule has 1 aliphatic rings. The second-order valence-corrected chi connectivity index (χ2v) is 15.6. The molecule has 2 atom stereocenters. The summed E-state index contributed by atoms with van der Waals surface area (Å²) in [5.74, 6) is -2.65. The summed E-state index contributed by atoms with van der Waals surface area (Å²) in [5, 5.41) is 25.8. The highest BCUT2D eigenvalue weighted by Crippen LogP contribution is 2.25. The van der Waals surface area contributed by atoms with Crippen molar-refractivity contribution in [1.82, 2.24) is 26.6 Å². The van der Waals surface area contributed by atoms with Gasteiger partial charge < -0.3 is 79.6 Å². The maximum Gasteiger partial charge on any atom is 0.305 e. The SMILES string of the molecule is CCC(NC(=O)CCOCOCCOCOCCOCCOCCOCCOCCSC(C)=O)Oc1ccccc1NC(=O)C(CC(=O)O)NC(=O)CNC(=O)c1cccc(N=C2NC=CCN2)c1. The Balaban J connectivity index is 1.24. The van der Waals surface area contributed by atoms with Gasteiger partial charge in [-0.3, -0.25) is 28.8 Å². The van der Waals surface area contributed by atoms with Crippen LogP contribution in [0, 0.1) is 0 Å². The van der Waals surface area contributed by atoms with Gasteiger partial charge in [0.15, 0.2) is 11.3 Å². The first-order chi connectivity index (χ1) is 33.5. The molecule has 23 nitrogen and oxygen atoms in total. The second kappa shape index (κ2) is 36.3. The summed E-state index contributed by atoms with van der Waals surface area (Å²) in [6.07, 6.45) is 2.39. The molecule has 4 amide bonds. The number of carboxylic acids is 1. The van der Waals surface area contributed by atoms with Gasteiger partial charge in [0.2, 0.25) is 23.7 Å². The number of hydrogen-bond acceptors (Lipinski definition) is 17. The molecule has 0 aliphatic carbocycles. The highest BCUT2D eigenvalue weighted by atomic mass is 32.2. The molecule has 2 aromatic rings. The van der Waals surface area contributed by atoms with Crippen molar-refractivity contribution >= 4 is 63.8 Å². The highest BCUT2D eigenvalue weighted by molar-refractivity contribution is 8.13. The normalized spacial score (nSPS) is 13.4. The van der Waals surface area contributed by atoms with Crippen molar-refractivity contribution in [3.8, 4) is 5.75 Å². The molecule has 24 heteroatoms. The van der Waals surface area contributed by atoms with Crippen molar-refractivity contribution in [3.63, 3.8) is 0 Å². The number of amides is 4. The van der Waals surface area contributed by atoms with E-state index in [1.807, 2.05) is 6.08 Å². The van der Waals surface area contributed by atoms with Crippen LogP contribution in [0.1, 0.15) is 43.5 Å². The number of benzene rings is 2. The van der Waals surface area contributed by atoms with Crippen LogP contribution >= 0.6 is 11.8 Å². The zero-order valence-corrected chi connectivity index (χ0v) is 39.8. The van der Waals surface area contributed by atoms with E-state index in [1.165, 1.54) is 30.8 Å². The number of anilines is 1. The van der Waals surface area contributed by atoms with Crippen LogP contribution < -0.4 is 36.6 Å². The highest BCUT2D eigenvalue weighted by Gasteiger charge is 2.25. The summed E-state index contributed by atoms with van der Waals surface area (Å²) in [6, 6.07) is 11.2. The van der Waals surface area contributed by atoms with Crippen LogP contribution in [0.3, 0.4) is 0 Å². The van der Waals surface area contributed by atoms with Gasteiger partial charge in [-0.2, -0.15) is 0 Å². The number of nitrogens with one attached hydrogen (secondary N) is 6. The number of hydrogen-bond donors (Lipinski definition) is 7. The second-order valence-electron chi connectivity index (χ2n) is 14.3. The van der Waals surface area contributed by atoms with Gasteiger partial charge >= 0.3 is 5.97 Å². The van der Waals surface area contributed by atoms with E-state index >= 15 is 0 Å². The largest absolute Gasteiger partial charge is 0.481 e. The number of carbonyl (C=O) groups excluding carboxylic acids is 5. The molecule has 0 fully saturated rings. The number of guanidine groups is 1. The van der Waals surface area contributed by atoms with E-state index in [-0.39, 0.29) is 67.9 Å². The fourth-order valence-electron chi connectivity index (χ4n) is 5.49. The number of para-hydroxylation sites is 2. The van der Waals surface area contributed by atoms with Crippen LogP contribution in [-0.4, -0.2) is 170 Å². The lowest BCUT2D eigenvalue weighted by molar-refractivity contribution is -0.139. The molecule has 7 N–H and O–H groups in total. The van der Waals surface area contributed by atoms with Crippen molar-refractivity contribution in [1.29, 1.82) is 0 Å². The Morgan fingerprint density at radius 2 is 1.38 bits per heavy atom. The van der Waals surface area contributed by atoms with Gasteiger partial charge in [0.25, 0.3) is 5.91 Å². The number of carbonyl (C=O) groups is 6. The lowest BCUT2D eigenvalue weighted by atomic mass is 10.1. The van der Waals surface area contributed by atoms with Crippen LogP contribution in [0.5, 0.6) is 5.75 Å². The molecule has 1 heterocycles. The van der Waals surface area contributed by atoms with Crippen LogP contribution in [-0.2, 0) is 61.9 Å². The summed E-state index contributed by atoms with van der Waals surface area (Å²) >= 11 is 1.24. The van der Waals surface area contributed by atoms with Gasteiger partial charge in [-0.25, -0.2) is 4.99 Å². The summed E-state index contributed by atoms with van der Waals surface area (Å²) < 4.78 is 49.1. The molecule has 0 aromatic heterocycles. The Morgan fingerprint density at radius 3 is 1.99 bits per heavy atom. The fourth-order valence-corrected chi connectivity index (χ4v) is 5.97. The first-order valence-corrected chi connectivity index (χ1v) is 23.3. The number of thioether (sulfide) groups is 1. The minimum absolute atomic E-state index is 0.00153. The Labute approximate surface area is 405 Å². The Kier molecular flexibility index (Phi) is 30.3. The zero-order chi connectivity index (χ0) is 49.7. The van der Waals surface area contributed by atoms with E-state index in [1.54, 1.807) is 49.5 Å². The number of rotatable bonds is 38. The van der Waals surface area contributed by atoms with Crippen molar-refractivity contribution in [2.75, 3.05) is 117 Å². The molecule has 2 unspecified atom stereocenters. The number of ether oxygens (including phenoxy) is 9. The fraction of sp³-hybridized carbons (Fsp3) is 0.533. The van der Waals surface area contributed by atoms with E-state index in [0.29, 0.717) is 89.8 Å². The predicted octanol–water partition coefficient (Wildman–Crippen LogP) is 1.66. The molecular weight excluding hydrogens is 927 g/mol. The summed E-state index contributed by atoms with van der Waals surface area (Å²) in [6.45, 7) is 7.84. The smallest absolute Gasteiger partial charge is 0.305 e. The third-order valence-electron chi connectivity index (χ3n) is 8.82. The molecular formula is C45H65N7O16S. The maximum absolute atomic E-state index is 13.3. The van der Waals surface area contributed by atoms with Crippen LogP contribution in [0.4, 0.5) is 11.4 Å². The molecule has 0 spiro atoms. The van der Waals surface area contributed by atoms with E-state index in [4.69, 9.17) is 42.6 Å². The van der Waals surface area contributed by atoms with Gasteiger partial charge in [0.05, 0.1) is 110 Å². The number of nitrogens with zero attached hydrogens (tertiary/aromatic N) is 1. The first-order valence-electron chi connectivity index (χ1n) is 22.3. The molecule has 3 rings (SSSR count). The van der Waals surface area contributed by atoms with E-state index in [0.717, 1.165) is 0 Å². The number of carboxylic acid groups (broad SMARTS) is 1. The van der Waals surface area contributed by atoms with Gasteiger partial charge in [0, 0.05) is 37.4 Å². The van der Waals surface area contributed by atoms with Crippen molar-refractivity contribution in [2.24, 2.45) is 4.99 Å². The Bertz CT molecular complexity index is 1930. The van der Waals surface area contributed by atoms with E-state index in [9.17, 15) is 33.9 Å². The predicted molar refractivity (Wildman–Crippen MR) is 253 cm³/mol. The summed E-state index contributed by atoms with van der Waals surface area (Å²) in [4.78, 5) is 78.6. The molecule has 69 heavy (non-hydrogen) atoms. The van der Waals surface area contributed by atoms with Gasteiger partial charge in [-0.05, 0) is 36.4 Å². The molecule has 0 saturated heterocycles. The number of aliphatic carboxylic acids is 1. The molecule has 0 saturated carbocycles. The monoisotopic (exact) mass is 991 g/mol. The van der Waals surface area contributed by atoms with Crippen molar-refractivity contribution in [2.45, 2.75) is 45.4 Å². The van der Waals surface area contributed by atoms with E-state index < -0.39 is 48.9 Å². The average Bonchev–Trinajstić information content (AvgIpc) is 3.33. The Hall–Kier alpha value is -5.70. The molecule has 2 aromatic carbocycles. The topological polar surface area (TPSA) is 290 Å². The maximum atomic E-state index is 13.3. The van der Waals surface area contributed by atoms with Crippen LogP contribution in [0.2, 0.25) is 0 Å². The zero-order valence-electron chi connectivity index (χ0n) is 39.0. The molecule has 0 bridgehead atoms. The van der Waals surface area contributed by atoms with E-state index in [2.05, 4.69) is 36.9 Å². The van der Waals surface area contributed by atoms with Crippen molar-refractivity contribution < 1.29 is 76.5 Å². The third kappa shape index (κ3) is 27.8. The standard InChI is InChI=1S/C45H65N7O16S/c1-3-41(52-39(54)12-15-64-31-66-24-25-67-32-65-23-22-62-19-18-60-16-17-61-20-21-63-26-27-69-33(2)53)68-38-11-5-4-10-36(38)51-44(59)37(29-42(56)57)50-40(55)30-48-43(58)34-8-6-9-35(28-34)49-45-46-13-7-14-47-45/h4-11,13,28,37,41H,3,12,14-27,29-32H2,1-2H3,(H,48,58)(H,50,55)(H,51,59)(H,52,54)(H,56,57)(H2,46,47,49). The molecule has 382 valence electrons. The molecule has 0 radical (unpaired) electrons. The van der Waals surface area contributed by atoms with Crippen LogP contribution in [0.15, 0.2) is 65.8 Å². The first kappa shape index (κ1) is 57.6. The quantitative estimate of drug-likeness (QED) is 0.0372. The van der Waals surface area contributed by atoms with Gasteiger partial charge in [-0.15, -0.1) is 0 Å². The van der Waals surface area contributed by atoms with Gasteiger partial charge in [0.1, 0.15) is 25.4 Å². The Morgan fingerprint density at radius 1 is 0.754 bits per heavy atom. The summed E-state index contributed by atoms with van der Waals surface area (Å²) in [5.41, 5.74) is 0.867. The number of aliphatic imine (C=N–C) groups is 1. The lowest BCUT2D eigenvalue weighted by Gasteiger charge is -2.22. The third-order valence-corrected chi connectivity index (χ3v) is 9.60. The lowest BCUT2D eigenvalue weighted by Crippen LogP contribution is -2.48. The minimum Gasteiger partial charge on any atom is -0.481 e. The minimum atomic E-state index is -1.52. The summed E-state index contributed by atoms with van der Waals surface area (Å²) in [7, 11) is 0. The van der Waals surface area contributed by atoms with Crippen LogP contribution in [0.25, 0.3) is 0 Å². The molecule has 1 aliphatic heterocycles. The average molecular weight is 992 g/mol.